The molecule has 0 aliphatic heterocycles. The molecule has 0 radical (unpaired) electrons. The van der Waals surface area contributed by atoms with Gasteiger partial charge in [-0.2, -0.15) is 0 Å². The van der Waals surface area contributed by atoms with E-state index >= 15 is 0 Å². The maximum Gasteiger partial charge on any atom is 0.274 e. The van der Waals surface area contributed by atoms with Crippen LogP contribution >= 0.6 is 0 Å². The molecule has 1 saturated carbocycles. The Hall–Kier alpha value is -1.69. The molecule has 1 aromatic rings. The highest BCUT2D eigenvalue weighted by Gasteiger charge is 2.36. The van der Waals surface area contributed by atoms with Crippen LogP contribution in [0.3, 0.4) is 0 Å². The summed E-state index contributed by atoms with van der Waals surface area (Å²) in [6.07, 6.45) is 6.27. The highest BCUT2D eigenvalue weighted by atomic mass is 16.6. The van der Waals surface area contributed by atoms with E-state index in [1.54, 1.807) is 0 Å². The van der Waals surface area contributed by atoms with E-state index in [-0.39, 0.29) is 11.2 Å². The molecule has 0 aromatic carbocycles. The number of pyridine rings is 1. The second-order valence-corrected chi connectivity index (χ2v) is 6.33. The zero-order chi connectivity index (χ0) is 15.5. The van der Waals surface area contributed by atoms with Gasteiger partial charge < -0.3 is 10.2 Å². The fourth-order valence-corrected chi connectivity index (χ4v) is 3.24. The van der Waals surface area contributed by atoms with Gasteiger partial charge in [0.2, 0.25) is 0 Å². The van der Waals surface area contributed by atoms with Gasteiger partial charge in [-0.15, -0.1) is 0 Å². The average Bonchev–Trinajstić information content (AvgIpc) is 2.45. The number of aromatic nitrogens is 1. The minimum atomic E-state index is -0.392. The predicted octanol–water partition coefficient (Wildman–Crippen LogP) is 2.91. The molecule has 1 aromatic heterocycles. The molecule has 1 aliphatic rings. The number of nitrogens with one attached hydrogen (secondary N) is 1. The van der Waals surface area contributed by atoms with Crippen LogP contribution in [0.4, 0.5) is 11.5 Å². The van der Waals surface area contributed by atoms with E-state index in [1.807, 2.05) is 0 Å². The Kier molecular flexibility index (Phi) is 4.77. The van der Waals surface area contributed by atoms with Crippen LogP contribution in [0.2, 0.25) is 0 Å². The van der Waals surface area contributed by atoms with Gasteiger partial charge in [-0.05, 0) is 32.9 Å². The van der Waals surface area contributed by atoms with Crippen molar-refractivity contribution in [3.8, 4) is 0 Å². The van der Waals surface area contributed by atoms with Crippen molar-refractivity contribution >= 4 is 11.5 Å². The summed E-state index contributed by atoms with van der Waals surface area (Å²) in [6, 6.07) is 2.91. The summed E-state index contributed by atoms with van der Waals surface area (Å²) in [5, 5.41) is 14.1. The van der Waals surface area contributed by atoms with Crippen molar-refractivity contribution in [1.82, 2.24) is 9.88 Å². The molecule has 6 nitrogen and oxygen atoms in total. The van der Waals surface area contributed by atoms with Crippen LogP contribution in [0.25, 0.3) is 0 Å². The zero-order valence-corrected chi connectivity index (χ0v) is 13.0. The first-order valence-corrected chi connectivity index (χ1v) is 7.45. The Morgan fingerprint density at radius 3 is 2.95 bits per heavy atom. The van der Waals surface area contributed by atoms with E-state index in [0.29, 0.717) is 11.7 Å². The molecule has 2 unspecified atom stereocenters. The number of rotatable bonds is 5. The van der Waals surface area contributed by atoms with E-state index in [1.165, 1.54) is 31.2 Å². The van der Waals surface area contributed by atoms with Gasteiger partial charge in [-0.3, -0.25) is 10.1 Å². The standard InChI is InChI=1S/C15H24N4O2/c1-12-5-4-7-15(10-12,18(2)3)11-17-14-9-13(19(20)21)6-8-16-14/h6,8-9,12H,4-5,7,10-11H2,1-3H3,(H,16,17). The van der Waals surface area contributed by atoms with Gasteiger partial charge >= 0.3 is 0 Å². The Morgan fingerprint density at radius 1 is 1.57 bits per heavy atom. The maximum absolute atomic E-state index is 10.8. The van der Waals surface area contributed by atoms with Gasteiger partial charge in [0.05, 0.1) is 11.0 Å². The summed E-state index contributed by atoms with van der Waals surface area (Å²) in [5.74, 6) is 1.28. The molecule has 6 heteroatoms. The first-order valence-electron chi connectivity index (χ1n) is 7.45. The summed E-state index contributed by atoms with van der Waals surface area (Å²) in [4.78, 5) is 16.9. The van der Waals surface area contributed by atoms with Crippen molar-refractivity contribution in [2.45, 2.75) is 38.1 Å². The van der Waals surface area contributed by atoms with Gasteiger partial charge in [0.1, 0.15) is 5.82 Å². The quantitative estimate of drug-likeness (QED) is 0.667. The van der Waals surface area contributed by atoms with Crippen molar-refractivity contribution in [3.63, 3.8) is 0 Å². The van der Waals surface area contributed by atoms with E-state index in [0.717, 1.165) is 19.4 Å². The first kappa shape index (κ1) is 15.7. The fraction of sp³-hybridized carbons (Fsp3) is 0.667. The van der Waals surface area contributed by atoms with Gasteiger partial charge in [0.15, 0.2) is 0 Å². The highest BCUT2D eigenvalue weighted by Crippen LogP contribution is 2.35. The smallest absolute Gasteiger partial charge is 0.274 e. The molecule has 0 bridgehead atoms. The number of hydrogen-bond acceptors (Lipinski definition) is 5. The van der Waals surface area contributed by atoms with Gasteiger partial charge in [-0.1, -0.05) is 19.8 Å². The van der Waals surface area contributed by atoms with E-state index in [4.69, 9.17) is 0 Å². The highest BCUT2D eigenvalue weighted by molar-refractivity contribution is 5.44. The summed E-state index contributed by atoms with van der Waals surface area (Å²) in [7, 11) is 4.22. The fourth-order valence-electron chi connectivity index (χ4n) is 3.24. The molecule has 1 heterocycles. The van der Waals surface area contributed by atoms with Crippen LogP contribution in [0.5, 0.6) is 0 Å². The van der Waals surface area contributed by atoms with Crippen molar-refractivity contribution in [2.75, 3.05) is 26.0 Å². The largest absolute Gasteiger partial charge is 0.368 e. The molecule has 2 atom stereocenters. The molecule has 116 valence electrons. The van der Waals surface area contributed by atoms with Crippen LogP contribution in [0.15, 0.2) is 18.3 Å². The maximum atomic E-state index is 10.8. The number of hydrogen-bond donors (Lipinski definition) is 1. The second kappa shape index (κ2) is 6.39. The molecule has 1 aliphatic carbocycles. The van der Waals surface area contributed by atoms with Gasteiger partial charge in [0.25, 0.3) is 5.69 Å². The molecular formula is C15H24N4O2. The van der Waals surface area contributed by atoms with Gasteiger partial charge in [-0.25, -0.2) is 4.98 Å². The van der Waals surface area contributed by atoms with Crippen LogP contribution in [-0.2, 0) is 0 Å². The number of nitrogens with zero attached hydrogens (tertiary/aromatic N) is 3. The van der Waals surface area contributed by atoms with Crippen molar-refractivity contribution in [2.24, 2.45) is 5.92 Å². The Bertz CT molecular complexity index is 506. The van der Waals surface area contributed by atoms with Crippen molar-refractivity contribution < 1.29 is 4.92 Å². The van der Waals surface area contributed by atoms with Crippen molar-refractivity contribution in [1.29, 1.82) is 0 Å². The topological polar surface area (TPSA) is 71.3 Å². The Morgan fingerprint density at radius 2 is 2.33 bits per heavy atom. The molecule has 2 rings (SSSR count). The summed E-state index contributed by atoms with van der Waals surface area (Å²) in [5.41, 5.74) is 0.174. The lowest BCUT2D eigenvalue weighted by atomic mass is 9.75. The number of anilines is 1. The SMILES string of the molecule is CC1CCCC(CNc2cc([N+](=O)[O-])ccn2)(N(C)C)C1. The minimum absolute atomic E-state index is 0.0726. The predicted molar refractivity (Wildman–Crippen MR) is 83.4 cm³/mol. The number of likely N-dealkylation sites (N-methyl/N-ethyl adjacent to an activating group) is 1. The lowest BCUT2D eigenvalue weighted by Gasteiger charge is -2.45. The third-order valence-electron chi connectivity index (χ3n) is 4.57. The molecule has 0 amide bonds. The van der Waals surface area contributed by atoms with Crippen LogP contribution in [0.1, 0.15) is 32.6 Å². The normalized spacial score (nSPS) is 25.8. The van der Waals surface area contributed by atoms with E-state index in [9.17, 15) is 10.1 Å². The third kappa shape index (κ3) is 3.69. The Labute approximate surface area is 125 Å². The molecule has 1 fully saturated rings. The summed E-state index contributed by atoms with van der Waals surface area (Å²) >= 11 is 0. The van der Waals surface area contributed by atoms with Crippen LogP contribution in [0, 0.1) is 16.0 Å². The molecule has 0 spiro atoms. The minimum Gasteiger partial charge on any atom is -0.368 e. The van der Waals surface area contributed by atoms with Crippen LogP contribution < -0.4 is 5.32 Å². The molecule has 0 saturated heterocycles. The first-order chi connectivity index (χ1) is 9.93. The third-order valence-corrected chi connectivity index (χ3v) is 4.57. The summed E-state index contributed by atoms with van der Waals surface area (Å²) < 4.78 is 0. The lowest BCUT2D eigenvalue weighted by Crippen LogP contribution is -2.52. The van der Waals surface area contributed by atoms with E-state index in [2.05, 4.69) is 36.2 Å². The monoisotopic (exact) mass is 292 g/mol. The Balaban J connectivity index is 2.08. The van der Waals surface area contributed by atoms with Crippen LogP contribution in [-0.4, -0.2) is 41.0 Å². The molecule has 21 heavy (non-hydrogen) atoms. The van der Waals surface area contributed by atoms with Gasteiger partial charge in [0, 0.05) is 24.3 Å². The molecule has 1 N–H and O–H groups in total. The van der Waals surface area contributed by atoms with E-state index < -0.39 is 4.92 Å². The second-order valence-electron chi connectivity index (χ2n) is 6.33. The average molecular weight is 292 g/mol. The zero-order valence-electron chi connectivity index (χ0n) is 13.0. The summed E-state index contributed by atoms with van der Waals surface area (Å²) in [6.45, 7) is 3.06. The van der Waals surface area contributed by atoms with Crippen molar-refractivity contribution in [3.05, 3.63) is 28.4 Å². The lowest BCUT2D eigenvalue weighted by molar-refractivity contribution is -0.384. The number of nitro groups is 1. The molecular weight excluding hydrogens is 268 g/mol.